The van der Waals surface area contributed by atoms with E-state index in [4.69, 9.17) is 0 Å². The number of aryl methyl sites for hydroxylation is 1. The summed E-state index contributed by atoms with van der Waals surface area (Å²) >= 11 is 0. The quantitative estimate of drug-likeness (QED) is 0.889. The Morgan fingerprint density at radius 1 is 1.23 bits per heavy atom. The standard InChI is InChI=1S/C16H19N3O3/c1-10(2)9-17-15(20)12-5-4-11(3)14(8-12)18-16(21)13-6-7-22-19-13/h4-8,10H,9H2,1-3H3,(H,17,20)(H,18,21). The van der Waals surface area contributed by atoms with E-state index in [1.807, 2.05) is 20.8 Å². The van der Waals surface area contributed by atoms with Crippen LogP contribution in [-0.4, -0.2) is 23.5 Å². The van der Waals surface area contributed by atoms with E-state index in [0.717, 1.165) is 5.56 Å². The number of amides is 2. The van der Waals surface area contributed by atoms with E-state index in [0.29, 0.717) is 23.7 Å². The number of nitrogens with one attached hydrogen (secondary N) is 2. The summed E-state index contributed by atoms with van der Waals surface area (Å²) < 4.78 is 4.64. The third-order valence-corrected chi connectivity index (χ3v) is 3.09. The van der Waals surface area contributed by atoms with Crippen molar-refractivity contribution in [2.45, 2.75) is 20.8 Å². The maximum absolute atomic E-state index is 12.1. The zero-order valence-corrected chi connectivity index (χ0v) is 12.8. The molecule has 0 atom stereocenters. The van der Waals surface area contributed by atoms with E-state index in [9.17, 15) is 9.59 Å². The van der Waals surface area contributed by atoms with Gasteiger partial charge in [-0.25, -0.2) is 0 Å². The zero-order valence-electron chi connectivity index (χ0n) is 12.8. The highest BCUT2D eigenvalue weighted by atomic mass is 16.5. The molecule has 0 spiro atoms. The van der Waals surface area contributed by atoms with Crippen LogP contribution in [0.3, 0.4) is 0 Å². The second-order valence-electron chi connectivity index (χ2n) is 5.47. The lowest BCUT2D eigenvalue weighted by molar-refractivity contribution is 0.0947. The Morgan fingerprint density at radius 2 is 2.00 bits per heavy atom. The largest absolute Gasteiger partial charge is 0.364 e. The molecular weight excluding hydrogens is 282 g/mol. The van der Waals surface area contributed by atoms with Crippen molar-refractivity contribution >= 4 is 17.5 Å². The first-order valence-electron chi connectivity index (χ1n) is 7.08. The first-order valence-corrected chi connectivity index (χ1v) is 7.08. The highest BCUT2D eigenvalue weighted by molar-refractivity contribution is 6.04. The molecule has 0 unspecified atom stereocenters. The number of anilines is 1. The average molecular weight is 301 g/mol. The van der Waals surface area contributed by atoms with E-state index in [1.165, 1.54) is 12.3 Å². The Hall–Kier alpha value is -2.63. The minimum absolute atomic E-state index is 0.161. The van der Waals surface area contributed by atoms with E-state index in [-0.39, 0.29) is 17.5 Å². The van der Waals surface area contributed by atoms with Gasteiger partial charge in [0.1, 0.15) is 6.26 Å². The van der Waals surface area contributed by atoms with Gasteiger partial charge in [0.25, 0.3) is 11.8 Å². The highest BCUT2D eigenvalue weighted by Crippen LogP contribution is 2.18. The fourth-order valence-corrected chi connectivity index (χ4v) is 1.81. The van der Waals surface area contributed by atoms with Crippen molar-refractivity contribution in [1.82, 2.24) is 10.5 Å². The van der Waals surface area contributed by atoms with E-state index < -0.39 is 0 Å². The van der Waals surface area contributed by atoms with Crippen molar-refractivity contribution in [1.29, 1.82) is 0 Å². The van der Waals surface area contributed by atoms with Gasteiger partial charge in [0, 0.05) is 23.9 Å². The van der Waals surface area contributed by atoms with Gasteiger partial charge in [-0.2, -0.15) is 0 Å². The summed E-state index contributed by atoms with van der Waals surface area (Å²) in [6.07, 6.45) is 1.33. The summed E-state index contributed by atoms with van der Waals surface area (Å²) in [6.45, 7) is 6.51. The number of nitrogens with zero attached hydrogens (tertiary/aromatic N) is 1. The normalized spacial score (nSPS) is 10.5. The van der Waals surface area contributed by atoms with Gasteiger partial charge in [-0.3, -0.25) is 9.59 Å². The summed E-state index contributed by atoms with van der Waals surface area (Å²) in [7, 11) is 0. The van der Waals surface area contributed by atoms with Crippen LogP contribution in [-0.2, 0) is 0 Å². The van der Waals surface area contributed by atoms with Crippen LogP contribution in [0.4, 0.5) is 5.69 Å². The summed E-state index contributed by atoms with van der Waals surface area (Å²) in [5.74, 6) is -0.164. The van der Waals surface area contributed by atoms with Gasteiger partial charge in [0.15, 0.2) is 5.69 Å². The molecule has 0 saturated carbocycles. The molecule has 0 saturated heterocycles. The smallest absolute Gasteiger partial charge is 0.277 e. The van der Waals surface area contributed by atoms with Gasteiger partial charge in [0.2, 0.25) is 0 Å². The van der Waals surface area contributed by atoms with Crippen molar-refractivity contribution in [3.8, 4) is 0 Å². The van der Waals surface area contributed by atoms with E-state index in [2.05, 4.69) is 20.3 Å². The van der Waals surface area contributed by atoms with Crippen molar-refractivity contribution in [2.24, 2.45) is 5.92 Å². The molecule has 0 aliphatic heterocycles. The molecule has 1 heterocycles. The second-order valence-corrected chi connectivity index (χ2v) is 5.47. The highest BCUT2D eigenvalue weighted by Gasteiger charge is 2.13. The molecule has 1 aromatic heterocycles. The molecule has 6 nitrogen and oxygen atoms in total. The Morgan fingerprint density at radius 3 is 2.64 bits per heavy atom. The third kappa shape index (κ3) is 3.94. The summed E-state index contributed by atoms with van der Waals surface area (Å²) in [4.78, 5) is 24.1. The third-order valence-electron chi connectivity index (χ3n) is 3.09. The van der Waals surface area contributed by atoms with Gasteiger partial charge in [-0.05, 0) is 30.5 Å². The van der Waals surface area contributed by atoms with E-state index in [1.54, 1.807) is 18.2 Å². The fraction of sp³-hybridized carbons (Fsp3) is 0.312. The van der Waals surface area contributed by atoms with Crippen LogP contribution in [0.2, 0.25) is 0 Å². The fourth-order valence-electron chi connectivity index (χ4n) is 1.81. The van der Waals surface area contributed by atoms with Gasteiger partial charge < -0.3 is 15.2 Å². The Balaban J connectivity index is 2.13. The van der Waals surface area contributed by atoms with Gasteiger partial charge >= 0.3 is 0 Å². The molecule has 22 heavy (non-hydrogen) atoms. The van der Waals surface area contributed by atoms with Crippen LogP contribution < -0.4 is 10.6 Å². The monoisotopic (exact) mass is 301 g/mol. The van der Waals surface area contributed by atoms with Crippen LogP contribution in [0.15, 0.2) is 35.1 Å². The minimum Gasteiger partial charge on any atom is -0.364 e. The van der Waals surface area contributed by atoms with Gasteiger partial charge in [-0.1, -0.05) is 25.1 Å². The lowest BCUT2D eigenvalue weighted by Gasteiger charge is -2.11. The molecule has 2 N–H and O–H groups in total. The molecule has 0 radical (unpaired) electrons. The zero-order chi connectivity index (χ0) is 16.1. The molecule has 0 aliphatic rings. The maximum atomic E-state index is 12.1. The number of carbonyl (C=O) groups is 2. The molecule has 116 valence electrons. The summed E-state index contributed by atoms with van der Waals surface area (Å²) in [6, 6.07) is 6.66. The molecule has 2 aromatic rings. The number of hydrogen-bond donors (Lipinski definition) is 2. The number of carbonyl (C=O) groups excluding carboxylic acids is 2. The predicted molar refractivity (Wildman–Crippen MR) is 82.8 cm³/mol. The Bertz CT molecular complexity index is 663. The molecular formula is C16H19N3O3. The molecule has 0 bridgehead atoms. The number of hydrogen-bond acceptors (Lipinski definition) is 4. The maximum Gasteiger partial charge on any atom is 0.277 e. The predicted octanol–water partition coefficient (Wildman–Crippen LogP) is 2.62. The van der Waals surface area contributed by atoms with Crippen molar-refractivity contribution in [3.63, 3.8) is 0 Å². The van der Waals surface area contributed by atoms with Crippen LogP contribution in [0.1, 0.15) is 40.3 Å². The van der Waals surface area contributed by atoms with Crippen LogP contribution in [0.25, 0.3) is 0 Å². The Labute approximate surface area is 128 Å². The van der Waals surface area contributed by atoms with Gasteiger partial charge in [0.05, 0.1) is 0 Å². The lowest BCUT2D eigenvalue weighted by Crippen LogP contribution is -2.27. The van der Waals surface area contributed by atoms with Gasteiger partial charge in [-0.15, -0.1) is 0 Å². The topological polar surface area (TPSA) is 84.2 Å². The van der Waals surface area contributed by atoms with Crippen molar-refractivity contribution in [2.75, 3.05) is 11.9 Å². The SMILES string of the molecule is Cc1ccc(C(=O)NCC(C)C)cc1NC(=O)c1ccon1. The van der Waals surface area contributed by atoms with Crippen LogP contribution in [0, 0.1) is 12.8 Å². The Kier molecular flexibility index (Phi) is 4.93. The molecule has 6 heteroatoms. The van der Waals surface area contributed by atoms with Crippen LogP contribution >= 0.6 is 0 Å². The number of aromatic nitrogens is 1. The van der Waals surface area contributed by atoms with E-state index >= 15 is 0 Å². The lowest BCUT2D eigenvalue weighted by atomic mass is 10.1. The first-order chi connectivity index (χ1) is 10.5. The number of rotatable bonds is 5. The molecule has 1 aromatic carbocycles. The molecule has 0 aliphatic carbocycles. The second kappa shape index (κ2) is 6.89. The van der Waals surface area contributed by atoms with Crippen molar-refractivity contribution < 1.29 is 14.1 Å². The molecule has 2 rings (SSSR count). The minimum atomic E-state index is -0.378. The summed E-state index contributed by atoms with van der Waals surface area (Å²) in [5.41, 5.74) is 2.12. The van der Waals surface area contributed by atoms with Crippen molar-refractivity contribution in [3.05, 3.63) is 47.3 Å². The average Bonchev–Trinajstić information content (AvgIpc) is 3.01. The first kappa shape index (κ1) is 15.8. The molecule has 0 fully saturated rings. The molecule has 2 amide bonds. The number of benzene rings is 1. The van der Waals surface area contributed by atoms with Crippen LogP contribution in [0.5, 0.6) is 0 Å². The summed E-state index contributed by atoms with van der Waals surface area (Å²) in [5, 5.41) is 9.16.